The van der Waals surface area contributed by atoms with Gasteiger partial charge in [-0.1, -0.05) is 18.0 Å². The van der Waals surface area contributed by atoms with E-state index in [0.717, 1.165) is 36.9 Å². The number of fused-ring (bicyclic) bond motifs is 1. The molecule has 0 spiro atoms. The summed E-state index contributed by atoms with van der Waals surface area (Å²) in [5, 5.41) is 11.7. The summed E-state index contributed by atoms with van der Waals surface area (Å²) in [5.41, 5.74) is 2.11. The number of carbonyl (C=O) groups is 2. The Labute approximate surface area is 204 Å². The third kappa shape index (κ3) is 4.82. The van der Waals surface area contributed by atoms with Gasteiger partial charge in [0.15, 0.2) is 5.69 Å². The van der Waals surface area contributed by atoms with Crippen molar-refractivity contribution in [2.24, 2.45) is 13.0 Å². The van der Waals surface area contributed by atoms with Crippen LogP contribution in [0.25, 0.3) is 11.4 Å². The standard InChI is InChI=1S/C25H31N7O3/c1-16-12-20(29-31(16)2)25(34)32-11-6-4-3-5-10-27-23(33)19-13-18(14-21(19)32)24-28-22(30-35-24)17-8-7-9-26-15-17/h7-9,12,15,18-19,21H,3-6,10-11,13-14H2,1-2H3,(H,27,33)/t18-,19-,21+/m1/s1. The highest BCUT2D eigenvalue weighted by atomic mass is 16.5. The fourth-order valence-electron chi connectivity index (χ4n) is 5.19. The number of nitrogens with one attached hydrogen (secondary N) is 1. The summed E-state index contributed by atoms with van der Waals surface area (Å²) in [5.74, 6) is 0.374. The van der Waals surface area contributed by atoms with Crippen LogP contribution in [0.15, 0.2) is 35.1 Å². The number of nitrogens with zero attached hydrogens (tertiary/aromatic N) is 6. The molecule has 1 saturated carbocycles. The van der Waals surface area contributed by atoms with Crippen LogP contribution < -0.4 is 5.32 Å². The Morgan fingerprint density at radius 2 is 2.06 bits per heavy atom. The average molecular weight is 478 g/mol. The van der Waals surface area contributed by atoms with Gasteiger partial charge in [-0.2, -0.15) is 10.1 Å². The van der Waals surface area contributed by atoms with Crippen LogP contribution in [0, 0.1) is 12.8 Å². The normalized spacial score (nSPS) is 23.4. The zero-order valence-electron chi connectivity index (χ0n) is 20.2. The van der Waals surface area contributed by atoms with Crippen LogP contribution in [0.5, 0.6) is 0 Å². The molecule has 0 bridgehead atoms. The van der Waals surface area contributed by atoms with E-state index in [9.17, 15) is 9.59 Å². The SMILES string of the molecule is Cc1cc(C(=O)N2CCCCCCNC(=O)[C@@H]3C[C@@H](c4nc(-c5cccnc5)no4)C[C@@H]32)nn1C. The number of rotatable bonds is 3. The van der Waals surface area contributed by atoms with E-state index < -0.39 is 0 Å². The molecular weight excluding hydrogens is 446 g/mol. The maximum atomic E-state index is 13.7. The molecule has 2 fully saturated rings. The summed E-state index contributed by atoms with van der Waals surface area (Å²) in [6.45, 7) is 3.18. The Morgan fingerprint density at radius 1 is 1.20 bits per heavy atom. The van der Waals surface area contributed by atoms with Gasteiger partial charge >= 0.3 is 0 Å². The minimum Gasteiger partial charge on any atom is -0.356 e. The molecule has 4 heterocycles. The van der Waals surface area contributed by atoms with E-state index >= 15 is 0 Å². The Balaban J connectivity index is 1.44. The first-order chi connectivity index (χ1) is 17.0. The molecule has 10 heteroatoms. The Morgan fingerprint density at radius 3 is 2.83 bits per heavy atom. The minimum atomic E-state index is -0.347. The third-order valence-electron chi connectivity index (χ3n) is 7.20. The van der Waals surface area contributed by atoms with Crippen molar-refractivity contribution in [3.05, 3.63) is 47.9 Å². The molecule has 0 aromatic carbocycles. The fourth-order valence-corrected chi connectivity index (χ4v) is 5.19. The zero-order valence-corrected chi connectivity index (χ0v) is 20.2. The van der Waals surface area contributed by atoms with E-state index in [1.807, 2.05) is 37.1 Å². The van der Waals surface area contributed by atoms with Crippen molar-refractivity contribution in [1.29, 1.82) is 0 Å². The number of pyridine rings is 1. The molecule has 0 radical (unpaired) electrons. The van der Waals surface area contributed by atoms with E-state index in [0.29, 0.717) is 43.3 Å². The number of carbonyl (C=O) groups excluding carboxylic acids is 2. The quantitative estimate of drug-likeness (QED) is 0.616. The highest BCUT2D eigenvalue weighted by molar-refractivity contribution is 5.93. The molecule has 184 valence electrons. The number of hydrogen-bond acceptors (Lipinski definition) is 7. The fraction of sp³-hybridized carbons (Fsp3) is 0.520. The number of hydrogen-bond donors (Lipinski definition) is 1. The monoisotopic (exact) mass is 477 g/mol. The Kier molecular flexibility index (Phi) is 6.61. The van der Waals surface area contributed by atoms with Gasteiger partial charge in [0.05, 0.1) is 5.92 Å². The molecule has 10 nitrogen and oxygen atoms in total. The first-order valence-corrected chi connectivity index (χ1v) is 12.3. The van der Waals surface area contributed by atoms with E-state index in [1.54, 1.807) is 17.1 Å². The Bertz CT molecular complexity index is 1170. The van der Waals surface area contributed by atoms with Gasteiger partial charge in [0.25, 0.3) is 5.91 Å². The number of aryl methyl sites for hydroxylation is 2. The smallest absolute Gasteiger partial charge is 0.274 e. The predicted octanol–water partition coefficient (Wildman–Crippen LogP) is 2.87. The molecule has 1 aliphatic carbocycles. The predicted molar refractivity (Wildman–Crippen MR) is 127 cm³/mol. The van der Waals surface area contributed by atoms with Crippen molar-refractivity contribution in [3.63, 3.8) is 0 Å². The van der Waals surface area contributed by atoms with Crippen molar-refractivity contribution in [2.45, 2.75) is 57.4 Å². The molecule has 3 aromatic rings. The second kappa shape index (κ2) is 9.97. The lowest BCUT2D eigenvalue weighted by molar-refractivity contribution is -0.126. The summed E-state index contributed by atoms with van der Waals surface area (Å²) < 4.78 is 7.34. The molecule has 2 amide bonds. The van der Waals surface area contributed by atoms with Crippen LogP contribution in [-0.2, 0) is 11.8 Å². The van der Waals surface area contributed by atoms with Crippen LogP contribution in [-0.4, -0.2) is 60.8 Å². The summed E-state index contributed by atoms with van der Waals surface area (Å²) >= 11 is 0. The largest absolute Gasteiger partial charge is 0.356 e. The zero-order chi connectivity index (χ0) is 24.4. The lowest BCUT2D eigenvalue weighted by Crippen LogP contribution is -2.47. The van der Waals surface area contributed by atoms with E-state index in [1.165, 1.54) is 0 Å². The van der Waals surface area contributed by atoms with Gasteiger partial charge < -0.3 is 14.7 Å². The molecule has 35 heavy (non-hydrogen) atoms. The van der Waals surface area contributed by atoms with Crippen LogP contribution in [0.3, 0.4) is 0 Å². The van der Waals surface area contributed by atoms with Crippen molar-refractivity contribution >= 4 is 11.8 Å². The van der Waals surface area contributed by atoms with Crippen molar-refractivity contribution < 1.29 is 14.1 Å². The molecule has 3 aromatic heterocycles. The molecule has 3 atom stereocenters. The van der Waals surface area contributed by atoms with E-state index in [2.05, 4.69) is 25.5 Å². The van der Waals surface area contributed by atoms with E-state index in [-0.39, 0.29) is 29.7 Å². The van der Waals surface area contributed by atoms with Crippen LogP contribution in [0.4, 0.5) is 0 Å². The molecule has 1 saturated heterocycles. The van der Waals surface area contributed by atoms with Gasteiger partial charge in [0.1, 0.15) is 0 Å². The van der Waals surface area contributed by atoms with Crippen molar-refractivity contribution in [2.75, 3.05) is 13.1 Å². The molecule has 2 aliphatic rings. The second-order valence-electron chi connectivity index (χ2n) is 9.54. The van der Waals surface area contributed by atoms with Gasteiger partial charge in [0.2, 0.25) is 17.6 Å². The summed E-state index contributed by atoms with van der Waals surface area (Å²) in [6, 6.07) is 5.25. The molecular formula is C25H31N7O3. The first-order valence-electron chi connectivity index (χ1n) is 12.3. The van der Waals surface area contributed by atoms with Gasteiger partial charge in [-0.05, 0) is 50.8 Å². The van der Waals surface area contributed by atoms with Gasteiger partial charge in [-0.15, -0.1) is 0 Å². The van der Waals surface area contributed by atoms with Crippen molar-refractivity contribution in [3.8, 4) is 11.4 Å². The molecule has 5 rings (SSSR count). The van der Waals surface area contributed by atoms with E-state index in [4.69, 9.17) is 4.52 Å². The number of amides is 2. The summed E-state index contributed by atoms with van der Waals surface area (Å²) in [6.07, 6.45) is 8.40. The lowest BCUT2D eigenvalue weighted by Gasteiger charge is -2.32. The summed E-state index contributed by atoms with van der Waals surface area (Å²) in [7, 11) is 1.83. The highest BCUT2D eigenvalue weighted by Crippen LogP contribution is 2.41. The number of aromatic nitrogens is 5. The van der Waals surface area contributed by atoms with Crippen molar-refractivity contribution in [1.82, 2.24) is 35.1 Å². The lowest BCUT2D eigenvalue weighted by atomic mass is 10.00. The maximum Gasteiger partial charge on any atom is 0.274 e. The molecule has 1 N–H and O–H groups in total. The van der Waals surface area contributed by atoms with Crippen LogP contribution in [0.1, 0.15) is 66.5 Å². The highest BCUT2D eigenvalue weighted by Gasteiger charge is 2.46. The molecule has 1 aliphatic heterocycles. The Hall–Kier alpha value is -3.56. The second-order valence-corrected chi connectivity index (χ2v) is 9.54. The van der Waals surface area contributed by atoms with Gasteiger partial charge in [0, 0.05) is 55.7 Å². The van der Waals surface area contributed by atoms with Crippen LogP contribution in [0.2, 0.25) is 0 Å². The summed E-state index contributed by atoms with van der Waals surface area (Å²) in [4.78, 5) is 37.5. The average Bonchev–Trinajstić information content (AvgIpc) is 3.59. The van der Waals surface area contributed by atoms with Crippen LogP contribution >= 0.6 is 0 Å². The third-order valence-corrected chi connectivity index (χ3v) is 7.20. The van der Waals surface area contributed by atoms with Gasteiger partial charge in [-0.25, -0.2) is 0 Å². The first kappa shape index (κ1) is 23.2. The molecule has 0 unspecified atom stereocenters. The maximum absolute atomic E-state index is 13.7. The van der Waals surface area contributed by atoms with Gasteiger partial charge in [-0.3, -0.25) is 19.3 Å². The minimum absolute atomic E-state index is 0.0126. The topological polar surface area (TPSA) is 119 Å².